The predicted octanol–water partition coefficient (Wildman–Crippen LogP) is 2.55. The second-order valence-corrected chi connectivity index (χ2v) is 3.14. The molecule has 0 aromatic carbocycles. The zero-order valence-electron chi connectivity index (χ0n) is 7.31. The van der Waals surface area contributed by atoms with E-state index in [1.165, 1.54) is 6.92 Å². The van der Waals surface area contributed by atoms with Crippen molar-refractivity contribution in [3.05, 3.63) is 28.0 Å². The Morgan fingerprint density at radius 3 is 2.58 bits per heavy atom. The number of nitrogens with zero attached hydrogens (tertiary/aromatic N) is 1. The number of carbonyl (C=O) groups excluding carboxylic acids is 1. The fraction of sp³-hybridized carbons (Fsp3) is 0.333. The van der Waals surface area contributed by atoms with Crippen LogP contribution < -0.4 is 0 Å². The lowest BCUT2D eigenvalue weighted by Crippen LogP contribution is -1.98. The van der Waals surface area contributed by atoms with E-state index in [0.29, 0.717) is 10.7 Å². The van der Waals surface area contributed by atoms with Crippen LogP contribution in [0.1, 0.15) is 28.5 Å². The van der Waals surface area contributed by atoms with E-state index in [4.69, 9.17) is 11.6 Å². The summed E-state index contributed by atoms with van der Waals surface area (Å²) in [5, 5.41) is 0.297. The van der Waals surface area contributed by atoms with E-state index < -0.39 is 0 Å². The molecule has 1 aromatic rings. The topological polar surface area (TPSA) is 30.0 Å². The van der Waals surface area contributed by atoms with Gasteiger partial charge in [0, 0.05) is 5.69 Å². The maximum absolute atomic E-state index is 11.0. The minimum Gasteiger partial charge on any atom is -0.294 e. The highest BCUT2D eigenvalue weighted by Gasteiger charge is 2.08. The van der Waals surface area contributed by atoms with Crippen molar-refractivity contribution in [2.24, 2.45) is 0 Å². The first kappa shape index (κ1) is 9.20. The second-order valence-electron chi connectivity index (χ2n) is 2.79. The summed E-state index contributed by atoms with van der Waals surface area (Å²) in [6, 6.07) is 1.77. The fourth-order valence-corrected chi connectivity index (χ4v) is 1.24. The number of aromatic nitrogens is 1. The van der Waals surface area contributed by atoms with Crippen LogP contribution in [0.5, 0.6) is 0 Å². The zero-order chi connectivity index (χ0) is 9.30. The van der Waals surface area contributed by atoms with Crippen LogP contribution in [0.2, 0.25) is 5.15 Å². The van der Waals surface area contributed by atoms with Crippen LogP contribution >= 0.6 is 11.6 Å². The van der Waals surface area contributed by atoms with Gasteiger partial charge in [-0.2, -0.15) is 0 Å². The van der Waals surface area contributed by atoms with E-state index in [-0.39, 0.29) is 5.78 Å². The summed E-state index contributed by atoms with van der Waals surface area (Å²) in [6.45, 7) is 5.26. The minimum absolute atomic E-state index is 0.0457. The monoisotopic (exact) mass is 183 g/mol. The molecule has 0 atom stereocenters. The molecule has 1 heterocycles. The van der Waals surface area contributed by atoms with Crippen molar-refractivity contribution >= 4 is 17.4 Å². The molecule has 1 aromatic heterocycles. The summed E-state index contributed by atoms with van der Waals surface area (Å²) in [5.74, 6) is -0.0457. The molecule has 0 N–H and O–H groups in total. The highest BCUT2D eigenvalue weighted by molar-refractivity contribution is 6.32. The van der Waals surface area contributed by atoms with E-state index in [0.717, 1.165) is 11.3 Å². The maximum Gasteiger partial charge on any atom is 0.162 e. The molecular formula is C9H10ClNO. The average molecular weight is 184 g/mol. The third-order valence-corrected chi connectivity index (χ3v) is 2.09. The smallest absolute Gasteiger partial charge is 0.162 e. The van der Waals surface area contributed by atoms with Crippen molar-refractivity contribution in [2.75, 3.05) is 0 Å². The largest absolute Gasteiger partial charge is 0.294 e. The van der Waals surface area contributed by atoms with Crippen LogP contribution in [-0.4, -0.2) is 10.8 Å². The zero-order valence-corrected chi connectivity index (χ0v) is 8.07. The van der Waals surface area contributed by atoms with E-state index in [9.17, 15) is 4.79 Å². The summed E-state index contributed by atoms with van der Waals surface area (Å²) >= 11 is 5.76. The lowest BCUT2D eigenvalue weighted by molar-refractivity contribution is 0.101. The molecule has 0 aliphatic heterocycles. The van der Waals surface area contributed by atoms with Crippen molar-refractivity contribution in [3.8, 4) is 0 Å². The van der Waals surface area contributed by atoms with Crippen LogP contribution in [0, 0.1) is 13.8 Å². The Morgan fingerprint density at radius 1 is 1.50 bits per heavy atom. The summed E-state index contributed by atoms with van der Waals surface area (Å²) in [7, 11) is 0. The number of hydrogen-bond donors (Lipinski definition) is 0. The quantitative estimate of drug-likeness (QED) is 0.495. The van der Waals surface area contributed by atoms with Crippen LogP contribution in [0.4, 0.5) is 0 Å². The van der Waals surface area contributed by atoms with Gasteiger partial charge in [-0.15, -0.1) is 0 Å². The minimum atomic E-state index is -0.0457. The number of Topliss-reactive ketones (excluding diaryl/α,β-unsaturated/α-hetero) is 1. The Hall–Kier alpha value is -0.890. The van der Waals surface area contributed by atoms with Gasteiger partial charge in [0.25, 0.3) is 0 Å². The standard InChI is InChI=1S/C9H10ClNO/c1-5-4-8(7(3)12)9(10)11-6(5)2/h4H,1-3H3. The molecule has 64 valence electrons. The molecule has 12 heavy (non-hydrogen) atoms. The van der Waals surface area contributed by atoms with Gasteiger partial charge in [0.1, 0.15) is 5.15 Å². The average Bonchev–Trinajstić information content (AvgIpc) is 1.96. The summed E-state index contributed by atoms with van der Waals surface area (Å²) in [5.41, 5.74) is 2.36. The molecule has 0 bridgehead atoms. The van der Waals surface area contributed by atoms with Gasteiger partial charge in [0.05, 0.1) is 5.56 Å². The Morgan fingerprint density at radius 2 is 2.08 bits per heavy atom. The van der Waals surface area contributed by atoms with Crippen molar-refractivity contribution in [3.63, 3.8) is 0 Å². The molecule has 0 spiro atoms. The molecule has 0 aliphatic rings. The first-order valence-electron chi connectivity index (χ1n) is 3.67. The number of carbonyl (C=O) groups is 1. The number of pyridine rings is 1. The summed E-state index contributed by atoms with van der Waals surface area (Å²) in [4.78, 5) is 15.0. The Bertz CT molecular complexity index is 334. The van der Waals surface area contributed by atoms with Gasteiger partial charge in [0.15, 0.2) is 5.78 Å². The predicted molar refractivity (Wildman–Crippen MR) is 48.7 cm³/mol. The van der Waals surface area contributed by atoms with Gasteiger partial charge in [-0.25, -0.2) is 4.98 Å². The van der Waals surface area contributed by atoms with Crippen molar-refractivity contribution in [1.29, 1.82) is 0 Å². The van der Waals surface area contributed by atoms with E-state index in [1.54, 1.807) is 6.07 Å². The van der Waals surface area contributed by atoms with E-state index in [1.807, 2.05) is 13.8 Å². The first-order chi connectivity index (χ1) is 5.52. The molecule has 0 saturated heterocycles. The van der Waals surface area contributed by atoms with Crippen LogP contribution in [-0.2, 0) is 0 Å². The van der Waals surface area contributed by atoms with E-state index in [2.05, 4.69) is 4.98 Å². The second kappa shape index (κ2) is 3.23. The van der Waals surface area contributed by atoms with Gasteiger partial charge < -0.3 is 0 Å². The van der Waals surface area contributed by atoms with Crippen molar-refractivity contribution < 1.29 is 4.79 Å². The first-order valence-corrected chi connectivity index (χ1v) is 4.05. The summed E-state index contributed by atoms with van der Waals surface area (Å²) < 4.78 is 0. The maximum atomic E-state index is 11.0. The molecule has 0 amide bonds. The van der Waals surface area contributed by atoms with Crippen LogP contribution in [0.25, 0.3) is 0 Å². The van der Waals surface area contributed by atoms with Gasteiger partial charge in [-0.1, -0.05) is 11.6 Å². The Labute approximate surface area is 76.6 Å². The summed E-state index contributed by atoms with van der Waals surface area (Å²) in [6.07, 6.45) is 0. The molecular weight excluding hydrogens is 174 g/mol. The van der Waals surface area contributed by atoms with Crippen molar-refractivity contribution in [2.45, 2.75) is 20.8 Å². The third kappa shape index (κ3) is 1.64. The van der Waals surface area contributed by atoms with Gasteiger partial charge in [0.2, 0.25) is 0 Å². The molecule has 0 saturated carbocycles. The number of rotatable bonds is 1. The number of ketones is 1. The number of aryl methyl sites for hydroxylation is 2. The molecule has 1 rings (SSSR count). The lowest BCUT2D eigenvalue weighted by Gasteiger charge is -2.03. The molecule has 0 fully saturated rings. The number of hydrogen-bond acceptors (Lipinski definition) is 2. The molecule has 3 heteroatoms. The van der Waals surface area contributed by atoms with Gasteiger partial charge >= 0.3 is 0 Å². The SMILES string of the molecule is CC(=O)c1cc(C)c(C)nc1Cl. The van der Waals surface area contributed by atoms with E-state index >= 15 is 0 Å². The van der Waals surface area contributed by atoms with Crippen LogP contribution in [0.15, 0.2) is 6.07 Å². The third-order valence-electron chi connectivity index (χ3n) is 1.80. The Balaban J connectivity index is 3.33. The molecule has 0 aliphatic carbocycles. The van der Waals surface area contributed by atoms with Gasteiger partial charge in [-0.05, 0) is 32.4 Å². The molecule has 0 unspecified atom stereocenters. The normalized spacial score (nSPS) is 10.0. The van der Waals surface area contributed by atoms with Crippen LogP contribution in [0.3, 0.4) is 0 Å². The van der Waals surface area contributed by atoms with Gasteiger partial charge in [-0.3, -0.25) is 4.79 Å². The highest BCUT2D eigenvalue weighted by Crippen LogP contribution is 2.17. The molecule has 0 radical (unpaired) electrons. The Kier molecular flexibility index (Phi) is 2.48. The molecule has 2 nitrogen and oxygen atoms in total. The number of halogens is 1. The van der Waals surface area contributed by atoms with Crippen molar-refractivity contribution in [1.82, 2.24) is 4.98 Å². The fourth-order valence-electron chi connectivity index (χ4n) is 0.923. The lowest BCUT2D eigenvalue weighted by atomic mass is 10.1. The highest BCUT2D eigenvalue weighted by atomic mass is 35.5.